The first-order valence-electron chi connectivity index (χ1n) is 4.21. The molecule has 70 valence electrons. The Morgan fingerprint density at radius 3 is 2.69 bits per heavy atom. The lowest BCUT2D eigenvalue weighted by Gasteiger charge is -2.22. The van der Waals surface area contributed by atoms with E-state index in [2.05, 4.69) is 10.3 Å². The van der Waals surface area contributed by atoms with Gasteiger partial charge >= 0.3 is 0 Å². The van der Waals surface area contributed by atoms with Crippen LogP contribution in [-0.4, -0.2) is 17.9 Å². The zero-order chi connectivity index (χ0) is 9.90. The van der Waals surface area contributed by atoms with Crippen LogP contribution in [0.3, 0.4) is 0 Å². The van der Waals surface area contributed by atoms with Crippen LogP contribution < -0.4 is 5.32 Å². The molecular weight excluding hydrogens is 164 g/mol. The monoisotopic (exact) mass is 178 g/mol. The van der Waals surface area contributed by atoms with E-state index in [1.165, 1.54) is 0 Å². The van der Waals surface area contributed by atoms with Crippen LogP contribution in [0.2, 0.25) is 0 Å². The van der Waals surface area contributed by atoms with Gasteiger partial charge in [0, 0.05) is 19.4 Å². The Kier molecular flexibility index (Phi) is 2.66. The van der Waals surface area contributed by atoms with Crippen molar-refractivity contribution >= 4 is 5.91 Å². The molecule has 0 spiro atoms. The molecule has 0 aliphatic rings. The van der Waals surface area contributed by atoms with Gasteiger partial charge in [0.2, 0.25) is 5.91 Å². The summed E-state index contributed by atoms with van der Waals surface area (Å²) in [7, 11) is 1.64. The van der Waals surface area contributed by atoms with Crippen molar-refractivity contribution in [1.29, 1.82) is 0 Å². The first-order chi connectivity index (χ1) is 6.09. The zero-order valence-corrected chi connectivity index (χ0v) is 8.16. The van der Waals surface area contributed by atoms with Crippen LogP contribution in [0.1, 0.15) is 19.4 Å². The molecule has 0 aromatic carbocycles. The van der Waals surface area contributed by atoms with Gasteiger partial charge in [-0.1, -0.05) is 6.07 Å². The molecule has 0 fully saturated rings. The van der Waals surface area contributed by atoms with Gasteiger partial charge in [-0.15, -0.1) is 0 Å². The van der Waals surface area contributed by atoms with Crippen LogP contribution >= 0.6 is 0 Å². The number of nitrogens with one attached hydrogen (secondary N) is 1. The molecule has 0 saturated heterocycles. The molecule has 0 aliphatic heterocycles. The molecule has 1 heterocycles. The second-order valence-electron chi connectivity index (χ2n) is 3.45. The van der Waals surface area contributed by atoms with Gasteiger partial charge < -0.3 is 5.32 Å². The maximum atomic E-state index is 11.5. The quantitative estimate of drug-likeness (QED) is 0.737. The van der Waals surface area contributed by atoms with E-state index in [1.807, 2.05) is 26.0 Å². The van der Waals surface area contributed by atoms with E-state index < -0.39 is 5.41 Å². The molecule has 0 saturated carbocycles. The maximum Gasteiger partial charge on any atom is 0.229 e. The van der Waals surface area contributed by atoms with E-state index >= 15 is 0 Å². The number of rotatable bonds is 2. The number of pyridine rings is 1. The number of carbonyl (C=O) groups excluding carboxylic acids is 1. The second-order valence-corrected chi connectivity index (χ2v) is 3.45. The predicted octanol–water partition coefficient (Wildman–Crippen LogP) is 1.11. The third kappa shape index (κ3) is 1.86. The third-order valence-corrected chi connectivity index (χ3v) is 2.18. The third-order valence-electron chi connectivity index (χ3n) is 2.18. The van der Waals surface area contributed by atoms with Crippen LogP contribution in [0.5, 0.6) is 0 Å². The highest BCUT2D eigenvalue weighted by Gasteiger charge is 2.28. The molecule has 1 aromatic heterocycles. The smallest absolute Gasteiger partial charge is 0.229 e. The van der Waals surface area contributed by atoms with Gasteiger partial charge in [-0.25, -0.2) is 0 Å². The lowest BCUT2D eigenvalue weighted by molar-refractivity contribution is -0.125. The summed E-state index contributed by atoms with van der Waals surface area (Å²) in [6.45, 7) is 3.76. The van der Waals surface area contributed by atoms with E-state index in [9.17, 15) is 4.79 Å². The molecule has 1 N–H and O–H groups in total. The van der Waals surface area contributed by atoms with Gasteiger partial charge in [0.05, 0.1) is 5.41 Å². The summed E-state index contributed by atoms with van der Waals surface area (Å²) in [4.78, 5) is 15.5. The summed E-state index contributed by atoms with van der Waals surface area (Å²) in [5.74, 6) is 0.000463. The lowest BCUT2D eigenvalue weighted by atomic mass is 9.85. The number of aromatic nitrogens is 1. The van der Waals surface area contributed by atoms with E-state index in [4.69, 9.17) is 0 Å². The fourth-order valence-electron chi connectivity index (χ4n) is 1.18. The Morgan fingerprint density at radius 2 is 2.23 bits per heavy atom. The van der Waals surface area contributed by atoms with Crippen molar-refractivity contribution in [2.45, 2.75) is 19.3 Å². The number of carbonyl (C=O) groups is 1. The summed E-state index contributed by atoms with van der Waals surface area (Å²) in [5, 5.41) is 2.64. The van der Waals surface area contributed by atoms with Crippen LogP contribution in [0, 0.1) is 0 Å². The normalized spacial score (nSPS) is 11.0. The highest BCUT2D eigenvalue weighted by molar-refractivity contribution is 5.86. The summed E-state index contributed by atoms with van der Waals surface area (Å²) in [5.41, 5.74) is 0.414. The number of likely N-dealkylation sites (N-methyl/N-ethyl adjacent to an activating group) is 1. The van der Waals surface area contributed by atoms with Gasteiger partial charge in [0.25, 0.3) is 0 Å². The summed E-state index contributed by atoms with van der Waals surface area (Å²) >= 11 is 0. The molecular formula is C10H14N2O. The fourth-order valence-corrected chi connectivity index (χ4v) is 1.18. The van der Waals surface area contributed by atoms with Crippen molar-refractivity contribution in [2.75, 3.05) is 7.05 Å². The van der Waals surface area contributed by atoms with Gasteiger partial charge in [0.1, 0.15) is 0 Å². The highest BCUT2D eigenvalue weighted by atomic mass is 16.2. The molecule has 1 amide bonds. The molecule has 0 aliphatic carbocycles. The van der Waals surface area contributed by atoms with Crippen molar-refractivity contribution in [3.63, 3.8) is 0 Å². The summed E-state index contributed by atoms with van der Waals surface area (Å²) in [6.07, 6.45) is 3.42. The van der Waals surface area contributed by atoms with Crippen LogP contribution in [0.4, 0.5) is 0 Å². The Hall–Kier alpha value is -1.38. The second kappa shape index (κ2) is 3.56. The topological polar surface area (TPSA) is 42.0 Å². The predicted molar refractivity (Wildman–Crippen MR) is 51.3 cm³/mol. The van der Waals surface area contributed by atoms with E-state index in [0.29, 0.717) is 0 Å². The van der Waals surface area contributed by atoms with Crippen molar-refractivity contribution < 1.29 is 4.79 Å². The van der Waals surface area contributed by atoms with Crippen molar-refractivity contribution in [1.82, 2.24) is 10.3 Å². The molecule has 0 radical (unpaired) electrons. The SMILES string of the molecule is CNC(=O)C(C)(C)c1cccnc1. The Morgan fingerprint density at radius 1 is 1.54 bits per heavy atom. The van der Waals surface area contributed by atoms with E-state index in [-0.39, 0.29) is 5.91 Å². The highest BCUT2D eigenvalue weighted by Crippen LogP contribution is 2.21. The van der Waals surface area contributed by atoms with Crippen molar-refractivity contribution in [3.05, 3.63) is 30.1 Å². The van der Waals surface area contributed by atoms with Crippen LogP contribution in [-0.2, 0) is 10.2 Å². The van der Waals surface area contributed by atoms with Gasteiger partial charge in [-0.05, 0) is 25.5 Å². The molecule has 13 heavy (non-hydrogen) atoms. The van der Waals surface area contributed by atoms with E-state index in [1.54, 1.807) is 19.4 Å². The Balaban J connectivity index is 3.00. The molecule has 3 nitrogen and oxygen atoms in total. The number of hydrogen-bond donors (Lipinski definition) is 1. The standard InChI is InChI=1S/C10H14N2O/c1-10(2,9(13)11-3)8-5-4-6-12-7-8/h4-7H,1-3H3,(H,11,13). The minimum Gasteiger partial charge on any atom is -0.358 e. The molecule has 0 atom stereocenters. The number of amides is 1. The average Bonchev–Trinajstić information content (AvgIpc) is 2.18. The summed E-state index contributed by atoms with van der Waals surface area (Å²) < 4.78 is 0. The molecule has 0 bridgehead atoms. The van der Waals surface area contributed by atoms with Gasteiger partial charge in [0.15, 0.2) is 0 Å². The first-order valence-corrected chi connectivity index (χ1v) is 4.21. The maximum absolute atomic E-state index is 11.5. The molecule has 1 aromatic rings. The largest absolute Gasteiger partial charge is 0.358 e. The van der Waals surface area contributed by atoms with Crippen LogP contribution in [0.15, 0.2) is 24.5 Å². The molecule has 1 rings (SSSR count). The van der Waals surface area contributed by atoms with Crippen molar-refractivity contribution in [3.8, 4) is 0 Å². The lowest BCUT2D eigenvalue weighted by Crippen LogP contribution is -2.38. The van der Waals surface area contributed by atoms with Gasteiger partial charge in [-0.3, -0.25) is 9.78 Å². The number of hydrogen-bond acceptors (Lipinski definition) is 2. The Bertz CT molecular complexity index is 293. The minimum atomic E-state index is -0.511. The first kappa shape index (κ1) is 9.71. The zero-order valence-electron chi connectivity index (χ0n) is 8.16. The van der Waals surface area contributed by atoms with Crippen LogP contribution in [0.25, 0.3) is 0 Å². The number of nitrogens with zero attached hydrogens (tertiary/aromatic N) is 1. The minimum absolute atomic E-state index is 0.000463. The average molecular weight is 178 g/mol. The summed E-state index contributed by atoms with van der Waals surface area (Å²) in [6, 6.07) is 3.74. The molecule has 0 unspecified atom stereocenters. The van der Waals surface area contributed by atoms with E-state index in [0.717, 1.165) is 5.56 Å². The Labute approximate surface area is 78.2 Å². The molecule has 3 heteroatoms. The fraction of sp³-hybridized carbons (Fsp3) is 0.400. The van der Waals surface area contributed by atoms with Gasteiger partial charge in [-0.2, -0.15) is 0 Å². The van der Waals surface area contributed by atoms with Crippen molar-refractivity contribution in [2.24, 2.45) is 0 Å².